The van der Waals surface area contributed by atoms with Gasteiger partial charge in [-0.25, -0.2) is 4.99 Å². The highest BCUT2D eigenvalue weighted by molar-refractivity contribution is 5.81. The van der Waals surface area contributed by atoms with E-state index in [-0.39, 0.29) is 6.92 Å². The van der Waals surface area contributed by atoms with Crippen LogP contribution in [-0.2, 0) is 0 Å². The zero-order chi connectivity index (χ0) is 16.3. The quantitative estimate of drug-likeness (QED) is 0.269. The summed E-state index contributed by atoms with van der Waals surface area (Å²) in [4.78, 5) is 38.6. The fourth-order valence-electron chi connectivity index (χ4n) is 0.768. The highest BCUT2D eigenvalue weighted by Crippen LogP contribution is 2.17. The number of rotatable bonds is 7. The maximum Gasteiger partial charge on any atom is 0.523 e. The number of nitro groups is 4. The summed E-state index contributed by atoms with van der Waals surface area (Å²) in [5, 5.41) is 41.9. The van der Waals surface area contributed by atoms with E-state index in [1.165, 1.54) is 0 Å². The van der Waals surface area contributed by atoms with E-state index >= 15 is 0 Å². The lowest BCUT2D eigenvalue weighted by Gasteiger charge is -2.11. The van der Waals surface area contributed by atoms with Gasteiger partial charge in [-0.3, -0.25) is 40.5 Å². The Bertz CT molecular complexity index is 476. The molecule has 0 aliphatic rings. The minimum atomic E-state index is -3.46. The average Bonchev–Trinajstić information content (AvgIpc) is 2.32. The number of nitrogens with zero attached hydrogens (tertiary/aromatic N) is 5. The molecule has 0 rings (SSSR count). The maximum atomic E-state index is 13.4. The van der Waals surface area contributed by atoms with Gasteiger partial charge in [-0.1, -0.05) is 0 Å². The predicted octanol–water partition coefficient (Wildman–Crippen LogP) is -0.106. The van der Waals surface area contributed by atoms with Crippen LogP contribution in [0.3, 0.4) is 0 Å². The first-order chi connectivity index (χ1) is 8.90. The molecule has 13 nitrogen and oxygen atoms in total. The molecular weight excluding hydrogens is 289 g/mol. The fraction of sp³-hybridized carbons (Fsp3) is 0.833. The minimum Gasteiger partial charge on any atom is -0.258 e. The average molecular weight is 297 g/mol. The number of halogens is 1. The SMILES string of the molecule is CC(CN=C(F)C(C)([N+](=O)[O-])[N+](=O)[O-])([N+](=O)[O-])[N+](=O)[O-]. The molecule has 0 atom stereocenters. The Morgan fingerprint density at radius 1 is 0.950 bits per heavy atom. The Morgan fingerprint density at radius 3 is 1.55 bits per heavy atom. The van der Waals surface area contributed by atoms with E-state index in [4.69, 9.17) is 0 Å². The van der Waals surface area contributed by atoms with Crippen LogP contribution in [0.1, 0.15) is 13.8 Å². The zero-order valence-corrected chi connectivity index (χ0v) is 10.1. The summed E-state index contributed by atoms with van der Waals surface area (Å²) >= 11 is 0. The Balaban J connectivity index is 5.56. The number of hydrogen-bond acceptors (Lipinski definition) is 9. The van der Waals surface area contributed by atoms with Crippen molar-refractivity contribution < 1.29 is 24.1 Å². The highest BCUT2D eigenvalue weighted by atomic mass is 19.1. The number of hydrogen-bond donors (Lipinski definition) is 0. The monoisotopic (exact) mass is 297 g/mol. The molecule has 14 heteroatoms. The van der Waals surface area contributed by atoms with Crippen LogP contribution in [-0.4, -0.2) is 43.5 Å². The standard InChI is InChI=1S/C6H8FN5O8/c1-5(9(13)14,10(15)16)3-8-4(7)6(2,11(17)18)12(19)20/h3H2,1-2H3. The summed E-state index contributed by atoms with van der Waals surface area (Å²) in [7, 11) is 0. The highest BCUT2D eigenvalue weighted by Gasteiger charge is 2.59. The van der Waals surface area contributed by atoms with Gasteiger partial charge in [0.25, 0.3) is 0 Å². The van der Waals surface area contributed by atoms with Crippen molar-refractivity contribution in [2.45, 2.75) is 25.2 Å². The molecule has 0 fully saturated rings. The van der Waals surface area contributed by atoms with Crippen molar-refractivity contribution in [3.63, 3.8) is 0 Å². The fourth-order valence-corrected chi connectivity index (χ4v) is 0.768. The van der Waals surface area contributed by atoms with E-state index in [0.29, 0.717) is 6.92 Å². The third-order valence-electron chi connectivity index (χ3n) is 2.41. The van der Waals surface area contributed by atoms with Crippen LogP contribution in [0, 0.1) is 40.5 Å². The van der Waals surface area contributed by atoms with E-state index in [9.17, 15) is 44.8 Å². The van der Waals surface area contributed by atoms with Crippen molar-refractivity contribution in [3.8, 4) is 0 Å². The van der Waals surface area contributed by atoms with Gasteiger partial charge in [0.05, 0.1) is 13.8 Å². The van der Waals surface area contributed by atoms with Crippen LogP contribution in [0.15, 0.2) is 4.99 Å². The van der Waals surface area contributed by atoms with Crippen LogP contribution in [0.4, 0.5) is 4.39 Å². The molecule has 20 heavy (non-hydrogen) atoms. The van der Waals surface area contributed by atoms with Crippen molar-refractivity contribution in [1.29, 1.82) is 0 Å². The third-order valence-corrected chi connectivity index (χ3v) is 2.41. The summed E-state index contributed by atoms with van der Waals surface area (Å²) in [5.74, 6) is -2.18. The molecule has 0 aromatic heterocycles. The van der Waals surface area contributed by atoms with Crippen molar-refractivity contribution in [2.24, 2.45) is 4.99 Å². The van der Waals surface area contributed by atoms with E-state index < -0.39 is 43.5 Å². The van der Waals surface area contributed by atoms with Crippen LogP contribution < -0.4 is 0 Å². The van der Waals surface area contributed by atoms with Crippen molar-refractivity contribution in [1.82, 2.24) is 0 Å². The lowest BCUT2D eigenvalue weighted by atomic mass is 10.2. The lowest BCUT2D eigenvalue weighted by Crippen LogP contribution is -2.50. The Kier molecular flexibility index (Phi) is 4.69. The molecule has 0 bridgehead atoms. The van der Waals surface area contributed by atoms with Gasteiger partial charge < -0.3 is 0 Å². The largest absolute Gasteiger partial charge is 0.523 e. The molecule has 0 aliphatic heterocycles. The second-order valence-corrected chi connectivity index (χ2v) is 3.87. The lowest BCUT2D eigenvalue weighted by molar-refractivity contribution is -0.788. The van der Waals surface area contributed by atoms with Gasteiger partial charge in [0.1, 0.15) is 19.7 Å². The summed E-state index contributed by atoms with van der Waals surface area (Å²) in [6.45, 7) is -0.683. The van der Waals surface area contributed by atoms with Crippen LogP contribution in [0.2, 0.25) is 0 Å². The van der Waals surface area contributed by atoms with Crippen molar-refractivity contribution in [2.75, 3.05) is 6.54 Å². The molecule has 0 aromatic rings. The summed E-state index contributed by atoms with van der Waals surface area (Å²) < 4.78 is 13.4. The van der Waals surface area contributed by atoms with Gasteiger partial charge in [0, 0.05) is 0 Å². The second-order valence-electron chi connectivity index (χ2n) is 3.87. The van der Waals surface area contributed by atoms with Gasteiger partial charge in [-0.15, -0.1) is 0 Å². The van der Waals surface area contributed by atoms with E-state index in [1.54, 1.807) is 0 Å². The van der Waals surface area contributed by atoms with Gasteiger partial charge in [-0.2, -0.15) is 4.39 Å². The van der Waals surface area contributed by atoms with E-state index in [1.807, 2.05) is 0 Å². The Morgan fingerprint density at radius 2 is 1.30 bits per heavy atom. The second kappa shape index (κ2) is 5.45. The maximum absolute atomic E-state index is 13.4. The van der Waals surface area contributed by atoms with Gasteiger partial charge in [0.2, 0.25) is 0 Å². The molecule has 112 valence electrons. The summed E-state index contributed by atoms with van der Waals surface area (Å²) in [5.41, 5.74) is -6.42. The van der Waals surface area contributed by atoms with Gasteiger partial charge in [0.15, 0.2) is 6.54 Å². The molecule has 0 N–H and O–H groups in total. The third kappa shape index (κ3) is 2.78. The predicted molar refractivity (Wildman–Crippen MR) is 58.2 cm³/mol. The summed E-state index contributed by atoms with van der Waals surface area (Å²) in [6, 6.07) is 0. The molecule has 0 amide bonds. The Labute approximate surface area is 108 Å². The summed E-state index contributed by atoms with van der Waals surface area (Å²) in [6.07, 6.45) is 0. The molecule has 0 spiro atoms. The molecule has 0 aromatic carbocycles. The molecule has 0 unspecified atom stereocenters. The zero-order valence-electron chi connectivity index (χ0n) is 10.1. The Hall–Kier alpha value is -2.80. The molecule has 0 radical (unpaired) electrons. The van der Waals surface area contributed by atoms with E-state index in [0.717, 1.165) is 0 Å². The first kappa shape index (κ1) is 17.2. The first-order valence-corrected chi connectivity index (χ1v) is 4.69. The van der Waals surface area contributed by atoms with Crippen LogP contribution >= 0.6 is 0 Å². The van der Waals surface area contributed by atoms with Gasteiger partial charge in [-0.05, 0) is 0 Å². The van der Waals surface area contributed by atoms with Crippen LogP contribution in [0.25, 0.3) is 0 Å². The molecule has 0 aliphatic carbocycles. The smallest absolute Gasteiger partial charge is 0.258 e. The minimum absolute atomic E-state index is 0.265. The van der Waals surface area contributed by atoms with Crippen molar-refractivity contribution in [3.05, 3.63) is 40.5 Å². The van der Waals surface area contributed by atoms with Crippen molar-refractivity contribution >= 4 is 5.97 Å². The molecule has 0 heterocycles. The van der Waals surface area contributed by atoms with Crippen LogP contribution in [0.5, 0.6) is 0 Å². The first-order valence-electron chi connectivity index (χ1n) is 4.69. The van der Waals surface area contributed by atoms with Gasteiger partial charge >= 0.3 is 17.3 Å². The molecular formula is C6H8FN5O8. The topological polar surface area (TPSA) is 185 Å². The normalized spacial score (nSPS) is 12.8. The number of aliphatic imine (C=N–C) groups is 1. The van der Waals surface area contributed by atoms with E-state index in [2.05, 4.69) is 4.99 Å². The molecule has 0 saturated heterocycles. The molecule has 0 saturated carbocycles.